The van der Waals surface area contributed by atoms with Gasteiger partial charge < -0.3 is 4.74 Å². The molecule has 1 rings (SSSR count). The summed E-state index contributed by atoms with van der Waals surface area (Å²) in [6.07, 6.45) is 0.415. The van der Waals surface area contributed by atoms with Gasteiger partial charge in [0.2, 0.25) is 0 Å². The molecule has 0 aliphatic carbocycles. The van der Waals surface area contributed by atoms with Gasteiger partial charge in [0, 0.05) is 6.04 Å². The molecule has 0 radical (unpaired) electrons. The van der Waals surface area contributed by atoms with E-state index in [-0.39, 0.29) is 12.0 Å². The summed E-state index contributed by atoms with van der Waals surface area (Å²) in [5.41, 5.74) is 3.68. The van der Waals surface area contributed by atoms with E-state index in [9.17, 15) is 4.79 Å². The normalized spacial score (nSPS) is 12.5. The van der Waals surface area contributed by atoms with E-state index >= 15 is 0 Å². The number of benzene rings is 1. The first-order valence-corrected chi connectivity index (χ1v) is 7.49. The fourth-order valence-electron chi connectivity index (χ4n) is 2.70. The van der Waals surface area contributed by atoms with E-state index in [1.54, 1.807) is 0 Å². The minimum Gasteiger partial charge on any atom is -0.466 e. The molecule has 0 saturated heterocycles. The highest BCUT2D eigenvalue weighted by molar-refractivity contribution is 5.70. The first-order valence-electron chi connectivity index (χ1n) is 7.49. The van der Waals surface area contributed by atoms with E-state index < -0.39 is 0 Å². The Bertz CT molecular complexity index is 418. The van der Waals surface area contributed by atoms with Crippen LogP contribution in [0.1, 0.15) is 49.9 Å². The maximum absolute atomic E-state index is 11.9. The van der Waals surface area contributed by atoms with E-state index in [4.69, 9.17) is 4.74 Å². The lowest BCUT2D eigenvalue weighted by atomic mass is 9.97. The highest BCUT2D eigenvalue weighted by Crippen LogP contribution is 2.26. The predicted octanol–water partition coefficient (Wildman–Crippen LogP) is 3.64. The molecule has 0 spiro atoms. The Morgan fingerprint density at radius 2 is 1.65 bits per heavy atom. The molecule has 1 aromatic carbocycles. The van der Waals surface area contributed by atoms with Gasteiger partial charge in [0.25, 0.3) is 0 Å². The van der Waals surface area contributed by atoms with Crippen LogP contribution in [0.5, 0.6) is 0 Å². The molecule has 0 heterocycles. The maximum Gasteiger partial charge on any atom is 0.307 e. The van der Waals surface area contributed by atoms with Crippen LogP contribution in [-0.2, 0) is 9.53 Å². The van der Waals surface area contributed by atoms with Crippen molar-refractivity contribution >= 4 is 5.97 Å². The molecule has 0 aliphatic heterocycles. The van der Waals surface area contributed by atoms with Gasteiger partial charge in [-0.1, -0.05) is 43.2 Å². The molecule has 3 nitrogen and oxygen atoms in total. The number of hydrogen-bond donors (Lipinski definition) is 0. The van der Waals surface area contributed by atoms with Crippen molar-refractivity contribution in [2.24, 2.45) is 0 Å². The zero-order valence-corrected chi connectivity index (χ0v) is 13.4. The summed E-state index contributed by atoms with van der Waals surface area (Å²) >= 11 is 0. The van der Waals surface area contributed by atoms with Crippen molar-refractivity contribution in [1.29, 1.82) is 0 Å². The third kappa shape index (κ3) is 4.64. The average molecular weight is 277 g/mol. The van der Waals surface area contributed by atoms with E-state index in [2.05, 4.69) is 50.8 Å². The average Bonchev–Trinajstić information content (AvgIpc) is 2.38. The van der Waals surface area contributed by atoms with Crippen LogP contribution < -0.4 is 0 Å². The van der Waals surface area contributed by atoms with Gasteiger partial charge in [0.15, 0.2) is 0 Å². The number of nitrogens with zero attached hydrogens (tertiary/aromatic N) is 1. The zero-order chi connectivity index (χ0) is 15.1. The second-order valence-electron chi connectivity index (χ2n) is 5.17. The molecular formula is C17H27NO2. The van der Waals surface area contributed by atoms with E-state index in [1.807, 2.05) is 6.92 Å². The largest absolute Gasteiger partial charge is 0.466 e. The van der Waals surface area contributed by atoms with Crippen LogP contribution in [0.25, 0.3) is 0 Å². The number of ether oxygens (including phenoxy) is 1. The zero-order valence-electron chi connectivity index (χ0n) is 13.4. The monoisotopic (exact) mass is 277 g/mol. The van der Waals surface area contributed by atoms with Gasteiger partial charge in [0.05, 0.1) is 13.0 Å². The van der Waals surface area contributed by atoms with E-state index in [0.717, 1.165) is 13.1 Å². The van der Waals surface area contributed by atoms with Gasteiger partial charge in [-0.15, -0.1) is 0 Å². The van der Waals surface area contributed by atoms with Crippen molar-refractivity contribution in [3.63, 3.8) is 0 Å². The number of carbonyl (C=O) groups is 1. The van der Waals surface area contributed by atoms with Crippen LogP contribution in [0.4, 0.5) is 0 Å². The van der Waals surface area contributed by atoms with Crippen molar-refractivity contribution < 1.29 is 9.53 Å². The lowest BCUT2D eigenvalue weighted by Gasteiger charge is -2.30. The van der Waals surface area contributed by atoms with E-state index in [0.29, 0.717) is 13.0 Å². The fraction of sp³-hybridized carbons (Fsp3) is 0.588. The fourth-order valence-corrected chi connectivity index (χ4v) is 2.70. The second-order valence-corrected chi connectivity index (χ2v) is 5.17. The summed E-state index contributed by atoms with van der Waals surface area (Å²) in [5, 5.41) is 0. The molecule has 20 heavy (non-hydrogen) atoms. The molecule has 1 atom stereocenters. The molecule has 3 heteroatoms. The summed E-state index contributed by atoms with van der Waals surface area (Å²) in [7, 11) is 0. The van der Waals surface area contributed by atoms with Crippen LogP contribution in [0.3, 0.4) is 0 Å². The summed E-state index contributed by atoms with van der Waals surface area (Å²) < 4.78 is 5.13. The van der Waals surface area contributed by atoms with Crippen LogP contribution in [0.2, 0.25) is 0 Å². The van der Waals surface area contributed by atoms with E-state index in [1.165, 1.54) is 16.7 Å². The minimum absolute atomic E-state index is 0.0997. The number of hydrogen-bond acceptors (Lipinski definition) is 3. The third-order valence-corrected chi connectivity index (χ3v) is 3.55. The lowest BCUT2D eigenvalue weighted by Crippen LogP contribution is -2.30. The van der Waals surface area contributed by atoms with Gasteiger partial charge in [0.1, 0.15) is 0 Å². The lowest BCUT2D eigenvalue weighted by molar-refractivity contribution is -0.144. The van der Waals surface area contributed by atoms with Crippen LogP contribution in [0, 0.1) is 13.8 Å². The number of aryl methyl sites for hydroxylation is 2. The van der Waals surface area contributed by atoms with Crippen molar-refractivity contribution in [3.05, 3.63) is 34.9 Å². The Hall–Kier alpha value is -1.35. The molecule has 1 unspecified atom stereocenters. The highest BCUT2D eigenvalue weighted by atomic mass is 16.5. The molecule has 0 amide bonds. The summed E-state index contributed by atoms with van der Waals surface area (Å²) in [6, 6.07) is 6.61. The predicted molar refractivity (Wildman–Crippen MR) is 82.8 cm³/mol. The van der Waals surface area contributed by atoms with Gasteiger partial charge in [-0.05, 0) is 39.4 Å². The minimum atomic E-state index is -0.122. The number of rotatable bonds is 7. The highest BCUT2D eigenvalue weighted by Gasteiger charge is 2.22. The van der Waals surface area contributed by atoms with Gasteiger partial charge in [-0.2, -0.15) is 0 Å². The smallest absolute Gasteiger partial charge is 0.307 e. The topological polar surface area (TPSA) is 29.5 Å². The molecule has 0 aromatic heterocycles. The van der Waals surface area contributed by atoms with Gasteiger partial charge in [-0.3, -0.25) is 9.69 Å². The SMILES string of the molecule is CCOC(=O)CC(c1cc(C)cc(C)c1)N(CC)CC. The quantitative estimate of drug-likeness (QED) is 0.713. The Morgan fingerprint density at radius 3 is 2.10 bits per heavy atom. The summed E-state index contributed by atoms with van der Waals surface area (Å²) in [4.78, 5) is 14.2. The first kappa shape index (κ1) is 16.7. The summed E-state index contributed by atoms with van der Waals surface area (Å²) in [6.45, 7) is 12.6. The van der Waals surface area contributed by atoms with Crippen molar-refractivity contribution in [2.75, 3.05) is 19.7 Å². The molecule has 0 bridgehead atoms. The van der Waals surface area contributed by atoms with Gasteiger partial charge >= 0.3 is 5.97 Å². The van der Waals surface area contributed by atoms with Crippen molar-refractivity contribution in [2.45, 2.75) is 47.1 Å². The molecule has 1 aromatic rings. The third-order valence-electron chi connectivity index (χ3n) is 3.55. The molecule has 0 fully saturated rings. The van der Waals surface area contributed by atoms with Gasteiger partial charge in [-0.25, -0.2) is 0 Å². The second kappa shape index (κ2) is 8.05. The molecule has 0 aliphatic rings. The Kier molecular flexibility index (Phi) is 6.73. The standard InChI is InChI=1S/C17H27NO2/c1-6-18(7-2)16(12-17(19)20-8-3)15-10-13(4)9-14(5)11-15/h9-11,16H,6-8,12H2,1-5H3. The number of carbonyl (C=O) groups excluding carboxylic acids is 1. The molecule has 0 saturated carbocycles. The molecule has 0 N–H and O–H groups in total. The molecular weight excluding hydrogens is 250 g/mol. The Morgan fingerprint density at radius 1 is 1.10 bits per heavy atom. The van der Waals surface area contributed by atoms with Crippen LogP contribution in [-0.4, -0.2) is 30.6 Å². The Labute approximate surface area is 122 Å². The summed E-state index contributed by atoms with van der Waals surface area (Å²) in [5.74, 6) is -0.122. The maximum atomic E-state index is 11.9. The number of esters is 1. The van der Waals surface area contributed by atoms with Crippen LogP contribution >= 0.6 is 0 Å². The van der Waals surface area contributed by atoms with Crippen LogP contribution in [0.15, 0.2) is 18.2 Å². The molecule has 112 valence electrons. The first-order chi connectivity index (χ1) is 9.51. The van der Waals surface area contributed by atoms with Crippen molar-refractivity contribution in [1.82, 2.24) is 4.90 Å². The Balaban J connectivity index is 3.05. The van der Waals surface area contributed by atoms with Crippen molar-refractivity contribution in [3.8, 4) is 0 Å².